The molecule has 2 aromatic carbocycles. The topological polar surface area (TPSA) is 21.3 Å². The molecule has 0 heterocycles. The lowest BCUT2D eigenvalue weighted by atomic mass is 9.92. The van der Waals surface area contributed by atoms with E-state index in [1.807, 2.05) is 0 Å². The number of benzene rings is 2. The van der Waals surface area contributed by atoms with Crippen molar-refractivity contribution < 1.29 is 4.74 Å². The molecule has 0 radical (unpaired) electrons. The first-order valence-electron chi connectivity index (χ1n) is 7.86. The average molecular weight is 281 g/mol. The number of fused-ring (bicyclic) bond motifs is 1. The van der Waals surface area contributed by atoms with Crippen molar-refractivity contribution in [1.82, 2.24) is 0 Å². The minimum atomic E-state index is 0.687. The Balaban J connectivity index is 1.49. The fraction of sp³-hybridized carbons (Fsp3) is 0.368. The molecule has 2 aromatic rings. The van der Waals surface area contributed by atoms with Gasteiger partial charge in [-0.05, 0) is 73.6 Å². The summed E-state index contributed by atoms with van der Waals surface area (Å²) in [6.07, 6.45) is 5.07. The normalized spacial score (nSPS) is 13.6. The lowest BCUT2D eigenvalue weighted by Gasteiger charge is -2.17. The fourth-order valence-electron chi connectivity index (χ4n) is 2.92. The zero-order valence-corrected chi connectivity index (χ0v) is 12.7. The van der Waals surface area contributed by atoms with Crippen molar-refractivity contribution in [3.05, 3.63) is 59.2 Å². The Morgan fingerprint density at radius 2 is 1.86 bits per heavy atom. The van der Waals surface area contributed by atoms with Gasteiger partial charge in [-0.2, -0.15) is 0 Å². The molecule has 1 N–H and O–H groups in total. The summed E-state index contributed by atoms with van der Waals surface area (Å²) in [6, 6.07) is 15.0. The van der Waals surface area contributed by atoms with Crippen LogP contribution in [-0.2, 0) is 12.8 Å². The molecule has 0 atom stereocenters. The van der Waals surface area contributed by atoms with Gasteiger partial charge < -0.3 is 10.1 Å². The van der Waals surface area contributed by atoms with Crippen molar-refractivity contribution in [1.29, 1.82) is 0 Å². The molecule has 110 valence electrons. The number of rotatable bonds is 5. The molecule has 1 aliphatic rings. The summed E-state index contributed by atoms with van der Waals surface area (Å²) in [5.41, 5.74) is 5.41. The molecule has 0 spiro atoms. The van der Waals surface area contributed by atoms with E-state index in [-0.39, 0.29) is 0 Å². The summed E-state index contributed by atoms with van der Waals surface area (Å²) in [5.74, 6) is 1.00. The minimum absolute atomic E-state index is 0.687. The van der Waals surface area contributed by atoms with Crippen LogP contribution >= 0.6 is 0 Å². The van der Waals surface area contributed by atoms with Crippen molar-refractivity contribution in [3.63, 3.8) is 0 Å². The van der Waals surface area contributed by atoms with E-state index in [1.165, 1.54) is 42.4 Å². The highest BCUT2D eigenvalue weighted by Gasteiger charge is 2.09. The van der Waals surface area contributed by atoms with Gasteiger partial charge in [-0.3, -0.25) is 0 Å². The van der Waals surface area contributed by atoms with Gasteiger partial charge in [-0.15, -0.1) is 0 Å². The Kier molecular flexibility index (Phi) is 4.44. The van der Waals surface area contributed by atoms with Crippen molar-refractivity contribution >= 4 is 5.69 Å². The van der Waals surface area contributed by atoms with E-state index in [0.717, 1.165) is 18.0 Å². The molecular formula is C19H23NO. The molecule has 21 heavy (non-hydrogen) atoms. The largest absolute Gasteiger partial charge is 0.492 e. The Bertz CT molecular complexity index is 606. The highest BCUT2D eigenvalue weighted by molar-refractivity contribution is 5.45. The number of nitrogens with one attached hydrogen (secondary N) is 1. The van der Waals surface area contributed by atoms with Crippen LogP contribution in [0.1, 0.15) is 29.5 Å². The van der Waals surface area contributed by atoms with Gasteiger partial charge in [0.2, 0.25) is 0 Å². The first kappa shape index (κ1) is 14.0. The second kappa shape index (κ2) is 6.66. The highest BCUT2D eigenvalue weighted by Crippen LogP contribution is 2.25. The molecule has 0 bridgehead atoms. The maximum atomic E-state index is 5.86. The second-order valence-corrected chi connectivity index (χ2v) is 5.78. The number of hydrogen-bond donors (Lipinski definition) is 1. The van der Waals surface area contributed by atoms with Crippen molar-refractivity contribution in [3.8, 4) is 5.75 Å². The van der Waals surface area contributed by atoms with E-state index >= 15 is 0 Å². The first-order chi connectivity index (χ1) is 10.3. The maximum Gasteiger partial charge on any atom is 0.119 e. The predicted octanol–water partition coefficient (Wildman–Crippen LogP) is 4.36. The quantitative estimate of drug-likeness (QED) is 0.822. The lowest BCUT2D eigenvalue weighted by molar-refractivity contribution is 0.332. The molecule has 0 fully saturated rings. The molecular weight excluding hydrogens is 258 g/mol. The third kappa shape index (κ3) is 3.78. The van der Waals surface area contributed by atoms with Gasteiger partial charge in [-0.1, -0.05) is 18.2 Å². The molecule has 1 aliphatic carbocycles. The Morgan fingerprint density at radius 1 is 1.00 bits per heavy atom. The van der Waals surface area contributed by atoms with E-state index in [1.54, 1.807) is 0 Å². The monoisotopic (exact) mass is 281 g/mol. The van der Waals surface area contributed by atoms with Gasteiger partial charge in [0, 0.05) is 12.2 Å². The summed E-state index contributed by atoms with van der Waals surface area (Å²) in [7, 11) is 0. The lowest BCUT2D eigenvalue weighted by Crippen LogP contribution is -2.12. The molecule has 3 rings (SSSR count). The molecule has 2 nitrogen and oxygen atoms in total. The Hall–Kier alpha value is -1.96. The van der Waals surface area contributed by atoms with Crippen LogP contribution in [0.2, 0.25) is 0 Å². The average Bonchev–Trinajstić information content (AvgIpc) is 2.51. The van der Waals surface area contributed by atoms with E-state index in [0.29, 0.717) is 6.61 Å². The summed E-state index contributed by atoms with van der Waals surface area (Å²) >= 11 is 0. The van der Waals surface area contributed by atoms with Crippen molar-refractivity contribution in [2.45, 2.75) is 32.6 Å². The molecule has 0 aromatic heterocycles. The van der Waals surface area contributed by atoms with Crippen molar-refractivity contribution in [2.75, 3.05) is 18.5 Å². The SMILES string of the molecule is Cc1cccc(NCCOc2ccc3c(c2)CCCC3)c1. The summed E-state index contributed by atoms with van der Waals surface area (Å²) in [4.78, 5) is 0. The van der Waals surface area contributed by atoms with Gasteiger partial charge >= 0.3 is 0 Å². The number of aryl methyl sites for hydroxylation is 3. The number of hydrogen-bond acceptors (Lipinski definition) is 2. The second-order valence-electron chi connectivity index (χ2n) is 5.78. The van der Waals surface area contributed by atoms with Gasteiger partial charge in [0.1, 0.15) is 12.4 Å². The number of anilines is 1. The van der Waals surface area contributed by atoms with Crippen LogP contribution in [0.4, 0.5) is 5.69 Å². The van der Waals surface area contributed by atoms with Gasteiger partial charge in [-0.25, -0.2) is 0 Å². The zero-order valence-electron chi connectivity index (χ0n) is 12.7. The summed E-state index contributed by atoms with van der Waals surface area (Å²) < 4.78 is 5.86. The van der Waals surface area contributed by atoms with Crippen LogP contribution in [0.5, 0.6) is 5.75 Å². The van der Waals surface area contributed by atoms with Crippen LogP contribution < -0.4 is 10.1 Å². The standard InChI is InChI=1S/C19H23NO/c1-15-5-4-8-18(13-15)20-11-12-21-19-10-9-16-6-2-3-7-17(16)14-19/h4-5,8-10,13-14,20H,2-3,6-7,11-12H2,1H3. The number of ether oxygens (including phenoxy) is 1. The molecule has 0 unspecified atom stereocenters. The van der Waals surface area contributed by atoms with E-state index < -0.39 is 0 Å². The smallest absolute Gasteiger partial charge is 0.119 e. The van der Waals surface area contributed by atoms with Crippen LogP contribution in [-0.4, -0.2) is 13.2 Å². The van der Waals surface area contributed by atoms with E-state index in [4.69, 9.17) is 4.74 Å². The third-order valence-corrected chi connectivity index (χ3v) is 4.04. The van der Waals surface area contributed by atoms with Crippen LogP contribution in [0.25, 0.3) is 0 Å². The molecule has 0 saturated heterocycles. The molecule has 0 amide bonds. The van der Waals surface area contributed by atoms with Crippen LogP contribution in [0.3, 0.4) is 0 Å². The van der Waals surface area contributed by atoms with Crippen molar-refractivity contribution in [2.24, 2.45) is 0 Å². The first-order valence-corrected chi connectivity index (χ1v) is 7.86. The Morgan fingerprint density at radius 3 is 2.71 bits per heavy atom. The van der Waals surface area contributed by atoms with E-state index in [2.05, 4.69) is 54.7 Å². The minimum Gasteiger partial charge on any atom is -0.492 e. The molecule has 0 aliphatic heterocycles. The third-order valence-electron chi connectivity index (χ3n) is 4.04. The fourth-order valence-corrected chi connectivity index (χ4v) is 2.92. The summed E-state index contributed by atoms with van der Waals surface area (Å²) in [5, 5.41) is 3.39. The van der Waals surface area contributed by atoms with Crippen LogP contribution in [0.15, 0.2) is 42.5 Å². The van der Waals surface area contributed by atoms with Gasteiger partial charge in [0.25, 0.3) is 0 Å². The van der Waals surface area contributed by atoms with E-state index in [9.17, 15) is 0 Å². The summed E-state index contributed by atoms with van der Waals surface area (Å²) in [6.45, 7) is 3.61. The highest BCUT2D eigenvalue weighted by atomic mass is 16.5. The van der Waals surface area contributed by atoms with Gasteiger partial charge in [0.15, 0.2) is 0 Å². The Labute approximate surface area is 127 Å². The zero-order chi connectivity index (χ0) is 14.5. The molecule has 0 saturated carbocycles. The van der Waals surface area contributed by atoms with Gasteiger partial charge in [0.05, 0.1) is 0 Å². The predicted molar refractivity (Wildman–Crippen MR) is 88.2 cm³/mol. The van der Waals surface area contributed by atoms with Crippen LogP contribution in [0, 0.1) is 6.92 Å². The molecule has 2 heteroatoms. The maximum absolute atomic E-state index is 5.86.